The molecule has 1 aliphatic rings. The summed E-state index contributed by atoms with van der Waals surface area (Å²) in [5, 5.41) is 3.12. The minimum atomic E-state index is -2.42. The zero-order chi connectivity index (χ0) is 9.97. The molecule has 14 heavy (non-hydrogen) atoms. The quantitative estimate of drug-likeness (QED) is 0.806. The van der Waals surface area contributed by atoms with E-state index in [1.165, 1.54) is 0 Å². The second-order valence-electron chi connectivity index (χ2n) is 3.17. The Hall–Kier alpha value is -1.32. The first-order valence-corrected chi connectivity index (χ1v) is 4.54. The first-order valence-electron chi connectivity index (χ1n) is 4.54. The SMILES string of the molecule is FC(F)COc1cccc2c1NCC2. The van der Waals surface area contributed by atoms with E-state index in [-0.39, 0.29) is 0 Å². The molecule has 0 spiro atoms. The van der Waals surface area contributed by atoms with Crippen LogP contribution in [0.2, 0.25) is 0 Å². The predicted molar refractivity (Wildman–Crippen MR) is 50.1 cm³/mol. The van der Waals surface area contributed by atoms with E-state index >= 15 is 0 Å². The van der Waals surface area contributed by atoms with E-state index in [1.807, 2.05) is 12.1 Å². The smallest absolute Gasteiger partial charge is 0.272 e. The van der Waals surface area contributed by atoms with Crippen LogP contribution in [0.25, 0.3) is 0 Å². The molecule has 0 unspecified atom stereocenters. The van der Waals surface area contributed by atoms with Gasteiger partial charge in [-0.2, -0.15) is 0 Å². The Kier molecular flexibility index (Phi) is 2.52. The number of anilines is 1. The van der Waals surface area contributed by atoms with Crippen LogP contribution in [0.1, 0.15) is 5.56 Å². The highest BCUT2D eigenvalue weighted by Crippen LogP contribution is 2.32. The van der Waals surface area contributed by atoms with Gasteiger partial charge in [-0.05, 0) is 18.1 Å². The molecule has 2 nitrogen and oxygen atoms in total. The summed E-state index contributed by atoms with van der Waals surface area (Å²) in [6.07, 6.45) is -1.49. The van der Waals surface area contributed by atoms with Crippen LogP contribution in [0.3, 0.4) is 0 Å². The molecule has 4 heteroatoms. The zero-order valence-electron chi connectivity index (χ0n) is 7.59. The van der Waals surface area contributed by atoms with Gasteiger partial charge in [-0.25, -0.2) is 8.78 Å². The summed E-state index contributed by atoms with van der Waals surface area (Å²) >= 11 is 0. The summed E-state index contributed by atoms with van der Waals surface area (Å²) in [7, 11) is 0. The van der Waals surface area contributed by atoms with E-state index in [0.29, 0.717) is 5.75 Å². The van der Waals surface area contributed by atoms with Crippen LogP contribution >= 0.6 is 0 Å². The molecule has 0 radical (unpaired) electrons. The van der Waals surface area contributed by atoms with Crippen LogP contribution in [0.15, 0.2) is 18.2 Å². The van der Waals surface area contributed by atoms with Gasteiger partial charge in [0.2, 0.25) is 0 Å². The number of ether oxygens (including phenoxy) is 1. The van der Waals surface area contributed by atoms with Crippen LogP contribution in [0.5, 0.6) is 5.75 Å². The lowest BCUT2D eigenvalue weighted by Gasteiger charge is -2.10. The number of benzene rings is 1. The summed E-state index contributed by atoms with van der Waals surface area (Å²) in [5.41, 5.74) is 2.00. The fourth-order valence-corrected chi connectivity index (χ4v) is 1.58. The molecule has 0 aliphatic carbocycles. The van der Waals surface area contributed by atoms with Crippen molar-refractivity contribution in [2.45, 2.75) is 12.8 Å². The van der Waals surface area contributed by atoms with Crippen molar-refractivity contribution in [1.29, 1.82) is 0 Å². The van der Waals surface area contributed by atoms with Crippen molar-refractivity contribution < 1.29 is 13.5 Å². The number of alkyl halides is 2. The lowest BCUT2D eigenvalue weighted by Crippen LogP contribution is -2.08. The van der Waals surface area contributed by atoms with Crippen LogP contribution < -0.4 is 10.1 Å². The van der Waals surface area contributed by atoms with Crippen LogP contribution in [-0.2, 0) is 6.42 Å². The van der Waals surface area contributed by atoms with Crippen LogP contribution in [0, 0.1) is 0 Å². The van der Waals surface area contributed by atoms with Gasteiger partial charge >= 0.3 is 0 Å². The molecule has 1 heterocycles. The first-order chi connectivity index (χ1) is 6.77. The van der Waals surface area contributed by atoms with Gasteiger partial charge in [0.25, 0.3) is 6.43 Å². The predicted octanol–water partition coefficient (Wildman–Crippen LogP) is 2.30. The molecular weight excluding hydrogens is 188 g/mol. The normalized spacial score (nSPS) is 13.9. The molecule has 0 atom stereocenters. The topological polar surface area (TPSA) is 21.3 Å². The van der Waals surface area contributed by atoms with Gasteiger partial charge in [-0.1, -0.05) is 12.1 Å². The lowest BCUT2D eigenvalue weighted by molar-refractivity contribution is 0.0822. The van der Waals surface area contributed by atoms with E-state index in [2.05, 4.69) is 5.32 Å². The number of rotatable bonds is 3. The van der Waals surface area contributed by atoms with Crippen molar-refractivity contribution >= 4 is 5.69 Å². The fourth-order valence-electron chi connectivity index (χ4n) is 1.58. The summed E-state index contributed by atoms with van der Waals surface area (Å²) in [6, 6.07) is 5.51. The van der Waals surface area contributed by atoms with Crippen molar-refractivity contribution in [1.82, 2.24) is 0 Å². The molecule has 2 rings (SSSR count). The maximum absolute atomic E-state index is 11.9. The third-order valence-electron chi connectivity index (χ3n) is 2.17. The second-order valence-corrected chi connectivity index (χ2v) is 3.17. The number of hydrogen-bond acceptors (Lipinski definition) is 2. The van der Waals surface area contributed by atoms with Crippen LogP contribution in [0.4, 0.5) is 14.5 Å². The molecule has 1 aromatic carbocycles. The molecule has 1 N–H and O–H groups in total. The maximum Gasteiger partial charge on any atom is 0.272 e. The molecule has 0 saturated heterocycles. The largest absolute Gasteiger partial charge is 0.485 e. The van der Waals surface area contributed by atoms with E-state index in [4.69, 9.17) is 4.74 Å². The Balaban J connectivity index is 2.14. The van der Waals surface area contributed by atoms with Gasteiger partial charge < -0.3 is 10.1 Å². The van der Waals surface area contributed by atoms with Gasteiger partial charge in [0.15, 0.2) is 0 Å². The third-order valence-corrected chi connectivity index (χ3v) is 2.17. The Morgan fingerprint density at radius 3 is 3.07 bits per heavy atom. The second kappa shape index (κ2) is 3.82. The molecule has 0 bridgehead atoms. The van der Waals surface area contributed by atoms with Crippen molar-refractivity contribution in [2.24, 2.45) is 0 Å². The van der Waals surface area contributed by atoms with E-state index in [1.54, 1.807) is 6.07 Å². The minimum Gasteiger partial charge on any atom is -0.485 e. The van der Waals surface area contributed by atoms with Crippen molar-refractivity contribution in [3.8, 4) is 5.75 Å². The summed E-state index contributed by atoms with van der Waals surface area (Å²) < 4.78 is 28.9. The maximum atomic E-state index is 11.9. The molecule has 0 fully saturated rings. The number of nitrogens with one attached hydrogen (secondary N) is 1. The van der Waals surface area contributed by atoms with Gasteiger partial charge in [0.1, 0.15) is 12.4 Å². The Labute approximate surface area is 80.9 Å². The first kappa shape index (κ1) is 9.24. The van der Waals surface area contributed by atoms with Gasteiger partial charge in [-0.15, -0.1) is 0 Å². The molecule has 0 saturated carbocycles. The Bertz CT molecular complexity index is 328. The highest BCUT2D eigenvalue weighted by molar-refractivity contribution is 5.65. The molecule has 0 aromatic heterocycles. The number of halogens is 2. The fraction of sp³-hybridized carbons (Fsp3) is 0.400. The highest BCUT2D eigenvalue weighted by atomic mass is 19.3. The number of para-hydroxylation sites is 1. The number of fused-ring (bicyclic) bond motifs is 1. The minimum absolute atomic E-state index is 0.528. The monoisotopic (exact) mass is 199 g/mol. The standard InChI is InChI=1S/C10H11F2NO/c11-9(12)6-14-8-3-1-2-7-4-5-13-10(7)8/h1-3,9,13H,4-6H2. The van der Waals surface area contributed by atoms with Crippen molar-refractivity contribution in [3.05, 3.63) is 23.8 Å². The van der Waals surface area contributed by atoms with Gasteiger partial charge in [-0.3, -0.25) is 0 Å². The Morgan fingerprint density at radius 1 is 1.43 bits per heavy atom. The zero-order valence-corrected chi connectivity index (χ0v) is 7.59. The molecule has 0 amide bonds. The molecule has 1 aliphatic heterocycles. The molecule has 76 valence electrons. The summed E-state index contributed by atoms with van der Waals surface area (Å²) in [4.78, 5) is 0. The molecule has 1 aromatic rings. The van der Waals surface area contributed by atoms with Crippen molar-refractivity contribution in [2.75, 3.05) is 18.5 Å². The summed E-state index contributed by atoms with van der Waals surface area (Å²) in [6.45, 7) is 0.308. The summed E-state index contributed by atoms with van der Waals surface area (Å²) in [5.74, 6) is 0.528. The third kappa shape index (κ3) is 1.78. The van der Waals surface area contributed by atoms with Gasteiger partial charge in [0.05, 0.1) is 5.69 Å². The Morgan fingerprint density at radius 2 is 2.29 bits per heavy atom. The van der Waals surface area contributed by atoms with Crippen molar-refractivity contribution in [3.63, 3.8) is 0 Å². The van der Waals surface area contributed by atoms with E-state index in [9.17, 15) is 8.78 Å². The van der Waals surface area contributed by atoms with Crippen LogP contribution in [-0.4, -0.2) is 19.6 Å². The number of hydrogen-bond donors (Lipinski definition) is 1. The molecular formula is C10H11F2NO. The van der Waals surface area contributed by atoms with E-state index in [0.717, 1.165) is 24.2 Å². The highest BCUT2D eigenvalue weighted by Gasteiger charge is 2.15. The average molecular weight is 199 g/mol. The average Bonchev–Trinajstić information content (AvgIpc) is 2.62. The van der Waals surface area contributed by atoms with Gasteiger partial charge in [0, 0.05) is 6.54 Å². The lowest BCUT2D eigenvalue weighted by atomic mass is 10.1. The van der Waals surface area contributed by atoms with E-state index < -0.39 is 13.0 Å².